The monoisotopic (exact) mass is 457 g/mol. The van der Waals surface area contributed by atoms with Crippen LogP contribution in [0.5, 0.6) is 0 Å². The molecule has 1 aromatic rings. The minimum absolute atomic E-state index is 0.119. The van der Waals surface area contributed by atoms with Gasteiger partial charge in [0.25, 0.3) is 5.91 Å². The Morgan fingerprint density at radius 3 is 2.67 bits per heavy atom. The van der Waals surface area contributed by atoms with E-state index in [-0.39, 0.29) is 11.3 Å². The molecule has 1 atom stereocenters. The van der Waals surface area contributed by atoms with E-state index in [1.165, 1.54) is 11.3 Å². The standard InChI is InChI=1S/C12H14Br3NOS/c1-12(2)6-16(4-3-8(12)13)11(17)7-5-9(14)18-10(7)15/h5,8H,3-4,6H2,1-2H3. The van der Waals surface area contributed by atoms with E-state index >= 15 is 0 Å². The molecule has 2 nitrogen and oxygen atoms in total. The quantitative estimate of drug-likeness (QED) is 0.546. The number of hydrogen-bond donors (Lipinski definition) is 0. The lowest BCUT2D eigenvalue weighted by molar-refractivity contribution is 0.0601. The van der Waals surface area contributed by atoms with Gasteiger partial charge in [0.15, 0.2) is 0 Å². The molecule has 18 heavy (non-hydrogen) atoms. The van der Waals surface area contributed by atoms with Crippen molar-refractivity contribution < 1.29 is 4.79 Å². The first-order valence-corrected chi connectivity index (χ1v) is 9.01. The normalized spacial score (nSPS) is 23.2. The molecule has 1 fully saturated rings. The van der Waals surface area contributed by atoms with Crippen LogP contribution in [0, 0.1) is 5.41 Å². The molecule has 2 heterocycles. The van der Waals surface area contributed by atoms with Crippen molar-refractivity contribution in [2.45, 2.75) is 25.1 Å². The summed E-state index contributed by atoms with van der Waals surface area (Å²) in [5.41, 5.74) is 0.879. The summed E-state index contributed by atoms with van der Waals surface area (Å²) >= 11 is 12.1. The van der Waals surface area contributed by atoms with Gasteiger partial charge in [0.05, 0.1) is 13.1 Å². The predicted octanol–water partition coefficient (Wildman–Crippen LogP) is 4.91. The maximum atomic E-state index is 12.5. The summed E-state index contributed by atoms with van der Waals surface area (Å²) in [5.74, 6) is 0.122. The van der Waals surface area contributed by atoms with Crippen LogP contribution in [-0.4, -0.2) is 28.7 Å². The van der Waals surface area contributed by atoms with Crippen molar-refractivity contribution >= 4 is 65.0 Å². The molecule has 1 aromatic heterocycles. The molecule has 100 valence electrons. The summed E-state index contributed by atoms with van der Waals surface area (Å²) in [6.45, 7) is 6.01. The van der Waals surface area contributed by atoms with Gasteiger partial charge in [-0.25, -0.2) is 0 Å². The van der Waals surface area contributed by atoms with E-state index in [1.807, 2.05) is 11.0 Å². The molecule has 0 saturated carbocycles. The number of piperidine rings is 1. The first kappa shape index (κ1) is 15.0. The lowest BCUT2D eigenvalue weighted by Crippen LogP contribution is -2.48. The van der Waals surface area contributed by atoms with E-state index in [9.17, 15) is 4.79 Å². The smallest absolute Gasteiger partial charge is 0.255 e. The molecule has 0 aliphatic carbocycles. The van der Waals surface area contributed by atoms with Gasteiger partial charge in [-0.3, -0.25) is 4.79 Å². The van der Waals surface area contributed by atoms with E-state index in [2.05, 4.69) is 61.6 Å². The number of amides is 1. The highest BCUT2D eigenvalue weighted by molar-refractivity contribution is 9.12. The first-order valence-electron chi connectivity index (χ1n) is 5.69. The van der Waals surface area contributed by atoms with Crippen molar-refractivity contribution in [1.82, 2.24) is 4.90 Å². The van der Waals surface area contributed by atoms with Gasteiger partial charge in [-0.15, -0.1) is 11.3 Å². The molecule has 1 unspecified atom stereocenters. The second kappa shape index (κ2) is 5.54. The Kier molecular flexibility index (Phi) is 4.62. The Bertz CT molecular complexity index is 472. The number of rotatable bonds is 1. The number of alkyl halides is 1. The highest BCUT2D eigenvalue weighted by Crippen LogP contribution is 2.37. The number of carbonyl (C=O) groups excluding carboxylic acids is 1. The summed E-state index contributed by atoms with van der Waals surface area (Å²) in [7, 11) is 0. The Morgan fingerprint density at radius 2 is 2.17 bits per heavy atom. The summed E-state index contributed by atoms with van der Waals surface area (Å²) in [6, 6.07) is 1.89. The molecular formula is C12H14Br3NOS. The zero-order chi connectivity index (χ0) is 13.5. The molecule has 1 amide bonds. The van der Waals surface area contributed by atoms with E-state index < -0.39 is 0 Å². The number of likely N-dealkylation sites (tertiary alicyclic amines) is 1. The van der Waals surface area contributed by atoms with Gasteiger partial charge in [-0.2, -0.15) is 0 Å². The van der Waals surface area contributed by atoms with E-state index in [4.69, 9.17) is 0 Å². The fourth-order valence-electron chi connectivity index (χ4n) is 2.16. The third-order valence-corrected chi connectivity index (χ3v) is 7.31. The largest absolute Gasteiger partial charge is 0.338 e. The molecule has 2 rings (SSSR count). The maximum absolute atomic E-state index is 12.5. The second-order valence-corrected chi connectivity index (χ2v) is 10.1. The van der Waals surface area contributed by atoms with Gasteiger partial charge in [0, 0.05) is 17.9 Å². The molecule has 0 aromatic carbocycles. The number of thiophene rings is 1. The number of halogens is 3. The average Bonchev–Trinajstić information content (AvgIpc) is 2.60. The lowest BCUT2D eigenvalue weighted by atomic mass is 9.84. The van der Waals surface area contributed by atoms with Crippen LogP contribution in [0.1, 0.15) is 30.6 Å². The van der Waals surface area contributed by atoms with Crippen molar-refractivity contribution in [2.24, 2.45) is 5.41 Å². The first-order chi connectivity index (χ1) is 8.31. The maximum Gasteiger partial charge on any atom is 0.255 e. The molecule has 0 spiro atoms. The molecular weight excluding hydrogens is 446 g/mol. The minimum Gasteiger partial charge on any atom is -0.338 e. The zero-order valence-corrected chi connectivity index (χ0v) is 15.7. The number of nitrogens with zero attached hydrogens (tertiary/aromatic N) is 1. The Hall–Kier alpha value is 0.610. The number of carbonyl (C=O) groups is 1. The Balaban J connectivity index is 2.18. The predicted molar refractivity (Wildman–Crippen MR) is 86.7 cm³/mol. The van der Waals surface area contributed by atoms with Gasteiger partial charge in [-0.05, 0) is 49.8 Å². The van der Waals surface area contributed by atoms with Crippen molar-refractivity contribution in [2.75, 3.05) is 13.1 Å². The molecule has 0 radical (unpaired) electrons. The third-order valence-electron chi connectivity index (χ3n) is 3.27. The molecule has 0 bridgehead atoms. The van der Waals surface area contributed by atoms with Gasteiger partial charge in [-0.1, -0.05) is 29.8 Å². The van der Waals surface area contributed by atoms with Crippen LogP contribution in [0.3, 0.4) is 0 Å². The van der Waals surface area contributed by atoms with Crippen LogP contribution in [0.4, 0.5) is 0 Å². The van der Waals surface area contributed by atoms with Crippen molar-refractivity contribution in [3.05, 3.63) is 19.2 Å². The van der Waals surface area contributed by atoms with Crippen LogP contribution < -0.4 is 0 Å². The zero-order valence-electron chi connectivity index (χ0n) is 10.2. The molecule has 1 aliphatic heterocycles. The van der Waals surface area contributed by atoms with Gasteiger partial charge < -0.3 is 4.90 Å². The van der Waals surface area contributed by atoms with Crippen LogP contribution in [0.2, 0.25) is 0 Å². The third kappa shape index (κ3) is 3.02. The van der Waals surface area contributed by atoms with Crippen LogP contribution in [0.15, 0.2) is 13.6 Å². The SMILES string of the molecule is CC1(C)CN(C(=O)c2cc(Br)sc2Br)CCC1Br. The van der Waals surface area contributed by atoms with Crippen LogP contribution in [-0.2, 0) is 0 Å². The van der Waals surface area contributed by atoms with Crippen LogP contribution >= 0.6 is 59.1 Å². The number of hydrogen-bond acceptors (Lipinski definition) is 2. The highest BCUT2D eigenvalue weighted by Gasteiger charge is 2.36. The molecule has 1 saturated heterocycles. The lowest BCUT2D eigenvalue weighted by Gasteiger charge is -2.41. The molecule has 0 N–H and O–H groups in total. The summed E-state index contributed by atoms with van der Waals surface area (Å²) in [5, 5.41) is 0. The van der Waals surface area contributed by atoms with Crippen LogP contribution in [0.25, 0.3) is 0 Å². The Morgan fingerprint density at radius 1 is 1.50 bits per heavy atom. The van der Waals surface area contributed by atoms with Gasteiger partial charge in [0.2, 0.25) is 0 Å². The fraction of sp³-hybridized carbons (Fsp3) is 0.583. The fourth-order valence-corrected chi connectivity index (χ4v) is 5.29. The summed E-state index contributed by atoms with van der Waals surface area (Å²) in [4.78, 5) is 14.9. The minimum atomic E-state index is 0.119. The van der Waals surface area contributed by atoms with Gasteiger partial charge in [0.1, 0.15) is 0 Å². The van der Waals surface area contributed by atoms with E-state index in [0.717, 1.165) is 32.6 Å². The van der Waals surface area contributed by atoms with Gasteiger partial charge >= 0.3 is 0 Å². The van der Waals surface area contributed by atoms with Crippen molar-refractivity contribution in [1.29, 1.82) is 0 Å². The molecule has 1 aliphatic rings. The van der Waals surface area contributed by atoms with E-state index in [1.54, 1.807) is 0 Å². The topological polar surface area (TPSA) is 20.3 Å². The average molecular weight is 460 g/mol. The van der Waals surface area contributed by atoms with E-state index in [0.29, 0.717) is 4.83 Å². The second-order valence-electron chi connectivity index (χ2n) is 5.21. The van der Waals surface area contributed by atoms with Crippen molar-refractivity contribution in [3.8, 4) is 0 Å². The highest BCUT2D eigenvalue weighted by atomic mass is 79.9. The summed E-state index contributed by atoms with van der Waals surface area (Å²) < 4.78 is 1.88. The molecule has 6 heteroatoms. The van der Waals surface area contributed by atoms with Crippen molar-refractivity contribution in [3.63, 3.8) is 0 Å². The Labute approximate surface area is 137 Å². The summed E-state index contributed by atoms with van der Waals surface area (Å²) in [6.07, 6.45) is 1.00.